The van der Waals surface area contributed by atoms with E-state index in [0.29, 0.717) is 38.3 Å². The van der Waals surface area contributed by atoms with Crippen LogP contribution in [0.2, 0.25) is 0 Å². The van der Waals surface area contributed by atoms with E-state index in [1.54, 1.807) is 23.1 Å². The Kier molecular flexibility index (Phi) is 5.45. The van der Waals surface area contributed by atoms with Crippen molar-refractivity contribution >= 4 is 11.8 Å². The minimum Gasteiger partial charge on any atom is -0.383 e. The Morgan fingerprint density at radius 1 is 1.24 bits per heavy atom. The van der Waals surface area contributed by atoms with E-state index in [1.807, 2.05) is 41.2 Å². The number of piperazine rings is 1. The molecule has 25 heavy (non-hydrogen) atoms. The lowest BCUT2D eigenvalue weighted by Crippen LogP contribution is -2.52. The average Bonchev–Trinajstić information content (AvgIpc) is 3.14. The van der Waals surface area contributed by atoms with E-state index in [-0.39, 0.29) is 18.4 Å². The zero-order chi connectivity index (χ0) is 17.6. The molecule has 3 rings (SSSR count). The fraction of sp³-hybridized carbons (Fsp3) is 0.389. The maximum absolute atomic E-state index is 12.6. The third-order valence-corrected chi connectivity index (χ3v) is 4.28. The normalized spacial score (nSPS) is 14.8. The lowest BCUT2D eigenvalue weighted by molar-refractivity contribution is -0.135. The molecule has 0 N–H and O–H groups in total. The molecule has 0 spiro atoms. The van der Waals surface area contributed by atoms with Crippen LogP contribution >= 0.6 is 0 Å². The molecule has 1 aliphatic heterocycles. The van der Waals surface area contributed by atoms with Crippen LogP contribution in [0.4, 0.5) is 0 Å². The van der Waals surface area contributed by atoms with Crippen LogP contribution in [0.25, 0.3) is 0 Å². The predicted octanol–water partition coefficient (Wildman–Crippen LogP) is 0.862. The smallest absolute Gasteiger partial charge is 0.254 e. The van der Waals surface area contributed by atoms with Crippen LogP contribution in [0.5, 0.6) is 0 Å². The number of carbonyl (C=O) groups is 2. The van der Waals surface area contributed by atoms with E-state index >= 15 is 0 Å². The molecule has 0 bridgehead atoms. The standard InChI is InChI=1S/C18H22N4O3/c1-25-12-11-20-9-10-21(14-17(20)23)18(24)16-5-3-15(4-6-16)13-22-8-2-7-19-22/h2-8H,9-14H2,1H3. The number of nitrogens with zero attached hydrogens (tertiary/aromatic N) is 4. The van der Waals surface area contributed by atoms with Crippen molar-refractivity contribution < 1.29 is 14.3 Å². The van der Waals surface area contributed by atoms with Crippen molar-refractivity contribution in [1.82, 2.24) is 19.6 Å². The van der Waals surface area contributed by atoms with E-state index in [1.165, 1.54) is 0 Å². The van der Waals surface area contributed by atoms with Gasteiger partial charge in [-0.2, -0.15) is 5.10 Å². The van der Waals surface area contributed by atoms with Crippen molar-refractivity contribution in [2.75, 3.05) is 39.9 Å². The van der Waals surface area contributed by atoms with Gasteiger partial charge in [0.25, 0.3) is 5.91 Å². The highest BCUT2D eigenvalue weighted by Gasteiger charge is 2.27. The summed E-state index contributed by atoms with van der Waals surface area (Å²) in [6, 6.07) is 9.34. The van der Waals surface area contributed by atoms with Crippen molar-refractivity contribution in [2.24, 2.45) is 0 Å². The topological polar surface area (TPSA) is 67.7 Å². The second-order valence-electron chi connectivity index (χ2n) is 6.00. The number of aromatic nitrogens is 2. The highest BCUT2D eigenvalue weighted by molar-refractivity contribution is 5.97. The molecule has 0 radical (unpaired) electrons. The molecule has 2 heterocycles. The van der Waals surface area contributed by atoms with Gasteiger partial charge in [0, 0.05) is 44.7 Å². The number of benzene rings is 1. The number of carbonyl (C=O) groups excluding carboxylic acids is 2. The van der Waals surface area contributed by atoms with Crippen molar-refractivity contribution in [3.05, 3.63) is 53.9 Å². The fourth-order valence-corrected chi connectivity index (χ4v) is 2.84. The van der Waals surface area contributed by atoms with Gasteiger partial charge in [0.1, 0.15) is 6.54 Å². The van der Waals surface area contributed by atoms with Crippen LogP contribution in [-0.2, 0) is 16.1 Å². The molecule has 0 aliphatic carbocycles. The number of ether oxygens (including phenoxy) is 1. The summed E-state index contributed by atoms with van der Waals surface area (Å²) in [4.78, 5) is 28.1. The number of amides is 2. The molecule has 0 saturated carbocycles. The van der Waals surface area contributed by atoms with E-state index in [0.717, 1.165) is 5.56 Å². The SMILES string of the molecule is COCCN1CCN(C(=O)c2ccc(Cn3cccn3)cc2)CC1=O. The van der Waals surface area contributed by atoms with Gasteiger partial charge in [0.2, 0.25) is 5.91 Å². The Bertz CT molecular complexity index is 712. The first-order valence-electron chi connectivity index (χ1n) is 8.30. The average molecular weight is 342 g/mol. The van der Waals surface area contributed by atoms with Crippen LogP contribution in [0.15, 0.2) is 42.7 Å². The second-order valence-corrected chi connectivity index (χ2v) is 6.00. The lowest BCUT2D eigenvalue weighted by atomic mass is 10.1. The van der Waals surface area contributed by atoms with Crippen LogP contribution in [-0.4, -0.2) is 71.3 Å². The Hall–Kier alpha value is -2.67. The van der Waals surface area contributed by atoms with Gasteiger partial charge >= 0.3 is 0 Å². The predicted molar refractivity (Wildman–Crippen MR) is 92.1 cm³/mol. The largest absolute Gasteiger partial charge is 0.383 e. The number of hydrogen-bond acceptors (Lipinski definition) is 4. The van der Waals surface area contributed by atoms with E-state index in [9.17, 15) is 9.59 Å². The molecule has 2 aromatic rings. The summed E-state index contributed by atoms with van der Waals surface area (Å²) in [5, 5.41) is 4.17. The summed E-state index contributed by atoms with van der Waals surface area (Å²) in [5.41, 5.74) is 1.67. The van der Waals surface area contributed by atoms with Crippen molar-refractivity contribution in [1.29, 1.82) is 0 Å². The van der Waals surface area contributed by atoms with Crippen molar-refractivity contribution in [3.63, 3.8) is 0 Å². The monoisotopic (exact) mass is 342 g/mol. The maximum atomic E-state index is 12.6. The molecule has 0 atom stereocenters. The van der Waals surface area contributed by atoms with Crippen LogP contribution in [0, 0.1) is 0 Å². The second kappa shape index (κ2) is 7.94. The van der Waals surface area contributed by atoms with Crippen molar-refractivity contribution in [3.8, 4) is 0 Å². The zero-order valence-electron chi connectivity index (χ0n) is 14.3. The molecule has 7 nitrogen and oxygen atoms in total. The van der Waals surface area contributed by atoms with Crippen molar-refractivity contribution in [2.45, 2.75) is 6.54 Å². The molecule has 0 unspecified atom stereocenters. The van der Waals surface area contributed by atoms with Gasteiger partial charge in [-0.05, 0) is 23.8 Å². The minimum absolute atomic E-state index is 0.0352. The fourth-order valence-electron chi connectivity index (χ4n) is 2.84. The summed E-state index contributed by atoms with van der Waals surface area (Å²) in [7, 11) is 1.61. The van der Waals surface area contributed by atoms with Gasteiger partial charge in [0.15, 0.2) is 0 Å². The quantitative estimate of drug-likeness (QED) is 0.781. The van der Waals surface area contributed by atoms with Crippen LogP contribution < -0.4 is 0 Å². The van der Waals surface area contributed by atoms with E-state index in [2.05, 4.69) is 5.10 Å². The third-order valence-electron chi connectivity index (χ3n) is 4.28. The summed E-state index contributed by atoms with van der Waals surface area (Å²) in [5.74, 6) is -0.141. The molecule has 1 fully saturated rings. The summed E-state index contributed by atoms with van der Waals surface area (Å²) < 4.78 is 6.83. The van der Waals surface area contributed by atoms with Crippen LogP contribution in [0.1, 0.15) is 15.9 Å². The number of hydrogen-bond donors (Lipinski definition) is 0. The number of methoxy groups -OCH3 is 1. The van der Waals surface area contributed by atoms with Gasteiger partial charge in [-0.1, -0.05) is 12.1 Å². The first-order valence-corrected chi connectivity index (χ1v) is 8.30. The molecule has 1 saturated heterocycles. The summed E-state index contributed by atoms with van der Waals surface area (Å²) >= 11 is 0. The first kappa shape index (κ1) is 17.2. The first-order chi connectivity index (χ1) is 12.2. The molecule has 1 aromatic carbocycles. The van der Waals surface area contributed by atoms with Crippen LogP contribution in [0.3, 0.4) is 0 Å². The molecule has 7 heteroatoms. The maximum Gasteiger partial charge on any atom is 0.254 e. The molecule has 2 amide bonds. The Morgan fingerprint density at radius 3 is 2.68 bits per heavy atom. The summed E-state index contributed by atoms with van der Waals surface area (Å²) in [6.07, 6.45) is 3.63. The molecule has 132 valence electrons. The zero-order valence-corrected chi connectivity index (χ0v) is 14.3. The third kappa shape index (κ3) is 4.24. The lowest BCUT2D eigenvalue weighted by Gasteiger charge is -2.34. The van der Waals surface area contributed by atoms with Gasteiger partial charge in [-0.25, -0.2) is 0 Å². The molecule has 1 aliphatic rings. The van der Waals surface area contributed by atoms with Gasteiger partial charge in [-0.3, -0.25) is 14.3 Å². The van der Waals surface area contributed by atoms with E-state index < -0.39 is 0 Å². The molecule has 1 aromatic heterocycles. The highest BCUT2D eigenvalue weighted by atomic mass is 16.5. The summed E-state index contributed by atoms with van der Waals surface area (Å²) in [6.45, 7) is 2.96. The van der Waals surface area contributed by atoms with Gasteiger partial charge in [-0.15, -0.1) is 0 Å². The Balaban J connectivity index is 1.58. The van der Waals surface area contributed by atoms with Gasteiger partial charge < -0.3 is 14.5 Å². The molecular formula is C18H22N4O3. The highest BCUT2D eigenvalue weighted by Crippen LogP contribution is 2.12. The number of rotatable bonds is 6. The Labute approximate surface area is 146 Å². The minimum atomic E-state index is -0.106. The van der Waals surface area contributed by atoms with Gasteiger partial charge in [0.05, 0.1) is 13.2 Å². The molecular weight excluding hydrogens is 320 g/mol. The Morgan fingerprint density at radius 2 is 2.04 bits per heavy atom. The van der Waals surface area contributed by atoms with E-state index in [4.69, 9.17) is 4.74 Å².